The first-order valence-electron chi connectivity index (χ1n) is 12.8. The van der Waals surface area contributed by atoms with E-state index in [4.69, 9.17) is 0 Å². The van der Waals surface area contributed by atoms with Crippen LogP contribution in [0.25, 0.3) is 42.4 Å². The molecule has 6 aromatic rings. The molecule has 0 fully saturated rings. The molecule has 1 aromatic heterocycles. The number of thiophene rings is 1. The van der Waals surface area contributed by atoms with Crippen molar-refractivity contribution < 1.29 is 0 Å². The lowest BCUT2D eigenvalue weighted by Gasteiger charge is -2.35. The maximum atomic E-state index is 2.42. The fraction of sp³-hybridized carbons (Fsp3) is 0.0556. The average molecular weight is 491 g/mol. The first-order valence-corrected chi connectivity index (χ1v) is 13.7. The summed E-state index contributed by atoms with van der Waals surface area (Å²) in [7, 11) is 0. The van der Waals surface area contributed by atoms with Crippen LogP contribution in [-0.2, 0) is 5.41 Å². The maximum absolute atomic E-state index is 2.42. The molecule has 1 heterocycles. The summed E-state index contributed by atoms with van der Waals surface area (Å²) in [4.78, 5) is 0. The Hall–Kier alpha value is -4.20. The molecule has 0 spiro atoms. The molecule has 1 aliphatic rings. The summed E-state index contributed by atoms with van der Waals surface area (Å²) in [5.74, 6) is 0. The topological polar surface area (TPSA) is 0 Å². The zero-order valence-corrected chi connectivity index (χ0v) is 21.3. The minimum Gasteiger partial charge on any atom is -0.135 e. The molecule has 176 valence electrons. The van der Waals surface area contributed by atoms with Gasteiger partial charge in [-0.05, 0) is 51.9 Å². The summed E-state index contributed by atoms with van der Waals surface area (Å²) < 4.78 is 2.70. The molecule has 0 saturated heterocycles. The highest BCUT2D eigenvalue weighted by molar-refractivity contribution is 7.26. The SMILES string of the molecule is C1=CCC(c2cccc(-c3cccc4c3sc3ccccc34)c2)(c2ccccc2-c2ccccc2)C=C1. The van der Waals surface area contributed by atoms with Crippen molar-refractivity contribution in [1.82, 2.24) is 0 Å². The highest BCUT2D eigenvalue weighted by atomic mass is 32.1. The molecule has 37 heavy (non-hydrogen) atoms. The third-order valence-electron chi connectivity index (χ3n) is 7.65. The number of hydrogen-bond donors (Lipinski definition) is 0. The second kappa shape index (κ2) is 9.03. The van der Waals surface area contributed by atoms with Crippen LogP contribution in [0.4, 0.5) is 0 Å². The molecule has 0 bridgehead atoms. The Labute approximate surface area is 221 Å². The zero-order valence-electron chi connectivity index (χ0n) is 20.5. The number of rotatable bonds is 4. The van der Waals surface area contributed by atoms with Gasteiger partial charge in [0.2, 0.25) is 0 Å². The first-order chi connectivity index (χ1) is 18.3. The highest BCUT2D eigenvalue weighted by Crippen LogP contribution is 2.46. The molecule has 0 radical (unpaired) electrons. The fourth-order valence-electron chi connectivity index (χ4n) is 5.87. The monoisotopic (exact) mass is 490 g/mol. The lowest BCUT2D eigenvalue weighted by atomic mass is 9.68. The van der Waals surface area contributed by atoms with Gasteiger partial charge < -0.3 is 0 Å². The van der Waals surface area contributed by atoms with Gasteiger partial charge in [0, 0.05) is 25.6 Å². The largest absolute Gasteiger partial charge is 0.135 e. The van der Waals surface area contributed by atoms with Crippen molar-refractivity contribution in [1.29, 1.82) is 0 Å². The highest BCUT2D eigenvalue weighted by Gasteiger charge is 2.34. The molecule has 0 saturated carbocycles. The van der Waals surface area contributed by atoms with Gasteiger partial charge in [0.25, 0.3) is 0 Å². The van der Waals surface area contributed by atoms with E-state index in [2.05, 4.69) is 146 Å². The van der Waals surface area contributed by atoms with Gasteiger partial charge in [-0.3, -0.25) is 0 Å². The molecule has 5 aromatic carbocycles. The maximum Gasteiger partial charge on any atom is 0.0433 e. The molecule has 0 amide bonds. The van der Waals surface area contributed by atoms with Gasteiger partial charge in [0.1, 0.15) is 0 Å². The Bertz CT molecular complexity index is 1800. The van der Waals surface area contributed by atoms with Crippen molar-refractivity contribution in [3.05, 3.63) is 157 Å². The standard InChI is InChI=1S/C36H26S/c1-3-13-26(14-4-1)29-17-5-7-21-33(29)36(23-9-2-10-24-36)28-16-11-15-27(25-28)30-19-12-20-32-31-18-6-8-22-34(31)37-35(30)32/h1-23,25H,24H2. The smallest absolute Gasteiger partial charge is 0.0433 e. The summed E-state index contributed by atoms with van der Waals surface area (Å²) in [6, 6.07) is 44.4. The van der Waals surface area contributed by atoms with Crippen molar-refractivity contribution in [3.63, 3.8) is 0 Å². The van der Waals surface area contributed by atoms with Gasteiger partial charge >= 0.3 is 0 Å². The van der Waals surface area contributed by atoms with E-state index in [9.17, 15) is 0 Å². The quantitative estimate of drug-likeness (QED) is 0.231. The summed E-state index contributed by atoms with van der Waals surface area (Å²) in [6.07, 6.45) is 10.0. The van der Waals surface area contributed by atoms with E-state index >= 15 is 0 Å². The molecule has 1 atom stereocenters. The van der Waals surface area contributed by atoms with Crippen LogP contribution in [0.3, 0.4) is 0 Å². The number of hydrogen-bond acceptors (Lipinski definition) is 1. The summed E-state index contributed by atoms with van der Waals surface area (Å²) in [5.41, 5.74) is 7.57. The van der Waals surface area contributed by atoms with Crippen LogP contribution in [0, 0.1) is 0 Å². The Morgan fingerprint density at radius 2 is 1.30 bits per heavy atom. The normalized spacial score (nSPS) is 17.0. The molecule has 1 unspecified atom stereocenters. The van der Waals surface area contributed by atoms with Crippen LogP contribution in [0.2, 0.25) is 0 Å². The summed E-state index contributed by atoms with van der Waals surface area (Å²) >= 11 is 1.89. The second-order valence-electron chi connectivity index (χ2n) is 9.74. The van der Waals surface area contributed by atoms with Gasteiger partial charge in [-0.1, -0.05) is 133 Å². The molecule has 7 rings (SSSR count). The molecule has 0 aliphatic heterocycles. The molecular weight excluding hydrogens is 464 g/mol. The lowest BCUT2D eigenvalue weighted by molar-refractivity contribution is 0.649. The summed E-state index contributed by atoms with van der Waals surface area (Å²) in [5, 5.41) is 2.68. The summed E-state index contributed by atoms with van der Waals surface area (Å²) in [6.45, 7) is 0. The lowest BCUT2D eigenvalue weighted by Crippen LogP contribution is -2.26. The fourth-order valence-corrected chi connectivity index (χ4v) is 7.11. The number of benzene rings is 5. The molecule has 1 heteroatoms. The van der Waals surface area contributed by atoms with Crippen LogP contribution in [-0.4, -0.2) is 0 Å². The Kier molecular flexibility index (Phi) is 5.38. The van der Waals surface area contributed by atoms with E-state index in [-0.39, 0.29) is 5.41 Å². The average Bonchev–Trinajstić information content (AvgIpc) is 3.37. The van der Waals surface area contributed by atoms with Crippen molar-refractivity contribution in [2.75, 3.05) is 0 Å². The van der Waals surface area contributed by atoms with Crippen LogP contribution >= 0.6 is 11.3 Å². The van der Waals surface area contributed by atoms with E-state index in [1.165, 1.54) is 53.6 Å². The minimum absolute atomic E-state index is 0.231. The Morgan fingerprint density at radius 1 is 0.568 bits per heavy atom. The molecular formula is C36H26S. The molecule has 1 aliphatic carbocycles. The third kappa shape index (κ3) is 3.66. The van der Waals surface area contributed by atoms with Crippen molar-refractivity contribution in [2.24, 2.45) is 0 Å². The van der Waals surface area contributed by atoms with Crippen molar-refractivity contribution in [3.8, 4) is 22.3 Å². The molecule has 0 N–H and O–H groups in total. The van der Waals surface area contributed by atoms with Gasteiger partial charge in [0.15, 0.2) is 0 Å². The first kappa shape index (κ1) is 22.0. The Morgan fingerprint density at radius 3 is 2.19 bits per heavy atom. The third-order valence-corrected chi connectivity index (χ3v) is 8.87. The van der Waals surface area contributed by atoms with E-state index in [0.29, 0.717) is 0 Å². The van der Waals surface area contributed by atoms with Gasteiger partial charge in [-0.2, -0.15) is 0 Å². The van der Waals surface area contributed by atoms with E-state index in [1.807, 2.05) is 11.3 Å². The van der Waals surface area contributed by atoms with E-state index < -0.39 is 0 Å². The van der Waals surface area contributed by atoms with E-state index in [1.54, 1.807) is 0 Å². The van der Waals surface area contributed by atoms with Crippen LogP contribution in [0.5, 0.6) is 0 Å². The van der Waals surface area contributed by atoms with Crippen molar-refractivity contribution >= 4 is 31.5 Å². The number of allylic oxidation sites excluding steroid dienone is 4. The minimum atomic E-state index is -0.231. The van der Waals surface area contributed by atoms with Gasteiger partial charge in [0.05, 0.1) is 0 Å². The van der Waals surface area contributed by atoms with Crippen LogP contribution < -0.4 is 0 Å². The number of fused-ring (bicyclic) bond motifs is 3. The van der Waals surface area contributed by atoms with Crippen LogP contribution in [0.1, 0.15) is 17.5 Å². The zero-order chi connectivity index (χ0) is 24.7. The molecule has 0 nitrogen and oxygen atoms in total. The van der Waals surface area contributed by atoms with Gasteiger partial charge in [-0.15, -0.1) is 11.3 Å². The Balaban J connectivity index is 1.43. The van der Waals surface area contributed by atoms with Gasteiger partial charge in [-0.25, -0.2) is 0 Å². The van der Waals surface area contributed by atoms with E-state index in [0.717, 1.165) is 6.42 Å². The second-order valence-corrected chi connectivity index (χ2v) is 10.8. The van der Waals surface area contributed by atoms with Crippen molar-refractivity contribution in [2.45, 2.75) is 11.8 Å². The predicted octanol–water partition coefficient (Wildman–Crippen LogP) is 10.2. The van der Waals surface area contributed by atoms with Crippen LogP contribution in [0.15, 0.2) is 146 Å². The predicted molar refractivity (Wildman–Crippen MR) is 160 cm³/mol.